The molecule has 2 aromatic rings. The second-order valence-corrected chi connectivity index (χ2v) is 6.79. The lowest BCUT2D eigenvalue weighted by atomic mass is 10.2. The Hall–Kier alpha value is -3.06. The Morgan fingerprint density at radius 3 is 2.50 bits per heavy atom. The average molecular weight is 432 g/mol. The molecule has 2 N–H and O–H groups in total. The van der Waals surface area contributed by atoms with Gasteiger partial charge in [-0.2, -0.15) is 5.10 Å². The highest BCUT2D eigenvalue weighted by molar-refractivity contribution is 6.32. The second-order valence-electron chi connectivity index (χ2n) is 6.38. The van der Waals surface area contributed by atoms with E-state index in [0.29, 0.717) is 23.1 Å². The van der Waals surface area contributed by atoms with Gasteiger partial charge in [0.05, 0.1) is 24.4 Å². The maximum Gasteiger partial charge on any atom is 0.259 e. The molecule has 0 saturated carbocycles. The molecule has 0 aliphatic rings. The SMILES string of the molecule is CCCCCOc1ccccc1/C=N/NC(=O)CNC(=O)COc1ccccc1Cl. The topological polar surface area (TPSA) is 89.0 Å². The molecule has 7 nitrogen and oxygen atoms in total. The molecule has 2 aromatic carbocycles. The van der Waals surface area contributed by atoms with Crippen LogP contribution in [0.4, 0.5) is 0 Å². The van der Waals surface area contributed by atoms with Crippen molar-refractivity contribution in [2.24, 2.45) is 5.10 Å². The van der Waals surface area contributed by atoms with E-state index in [4.69, 9.17) is 21.1 Å². The number of carbonyl (C=O) groups is 2. The van der Waals surface area contributed by atoms with Crippen molar-refractivity contribution >= 4 is 29.6 Å². The third-order valence-corrected chi connectivity index (χ3v) is 4.27. The van der Waals surface area contributed by atoms with E-state index >= 15 is 0 Å². The van der Waals surface area contributed by atoms with Gasteiger partial charge in [-0.15, -0.1) is 0 Å². The number of nitrogens with zero attached hydrogens (tertiary/aromatic N) is 1. The van der Waals surface area contributed by atoms with Crippen LogP contribution in [0.1, 0.15) is 31.7 Å². The van der Waals surface area contributed by atoms with E-state index in [1.807, 2.05) is 24.3 Å². The van der Waals surface area contributed by atoms with Gasteiger partial charge in [0.2, 0.25) is 0 Å². The van der Waals surface area contributed by atoms with Crippen LogP contribution in [-0.4, -0.2) is 37.8 Å². The summed E-state index contributed by atoms with van der Waals surface area (Å²) in [6.45, 7) is 2.30. The minimum atomic E-state index is -0.460. The number of ether oxygens (including phenoxy) is 2. The standard InChI is InChI=1S/C22H26ClN3O4/c1-2-3-8-13-29-19-11-6-4-9-17(19)14-25-26-21(27)15-24-22(28)16-30-20-12-7-5-10-18(20)23/h4-7,9-12,14H,2-3,8,13,15-16H2,1H3,(H,24,28)(H,26,27)/b25-14+. The van der Waals surface area contributed by atoms with E-state index in [2.05, 4.69) is 22.8 Å². The molecular weight excluding hydrogens is 406 g/mol. The first-order valence-corrected chi connectivity index (χ1v) is 10.2. The van der Waals surface area contributed by atoms with Gasteiger partial charge < -0.3 is 14.8 Å². The minimum absolute atomic E-state index is 0.225. The number of hydrazone groups is 1. The predicted octanol–water partition coefficient (Wildman–Crippen LogP) is 3.55. The molecule has 0 fully saturated rings. The van der Waals surface area contributed by atoms with E-state index < -0.39 is 11.8 Å². The van der Waals surface area contributed by atoms with E-state index in [1.54, 1.807) is 24.3 Å². The highest BCUT2D eigenvalue weighted by Crippen LogP contribution is 2.22. The van der Waals surface area contributed by atoms with Gasteiger partial charge in [0.1, 0.15) is 11.5 Å². The Labute approximate surface area is 181 Å². The fourth-order valence-electron chi connectivity index (χ4n) is 2.40. The summed E-state index contributed by atoms with van der Waals surface area (Å²) < 4.78 is 11.1. The first-order valence-electron chi connectivity index (χ1n) is 9.78. The molecule has 0 bridgehead atoms. The number of para-hydroxylation sites is 2. The van der Waals surface area contributed by atoms with Crippen LogP contribution >= 0.6 is 11.6 Å². The monoisotopic (exact) mass is 431 g/mol. The molecule has 160 valence electrons. The summed E-state index contributed by atoms with van der Waals surface area (Å²) in [6.07, 6.45) is 4.73. The molecule has 0 unspecified atom stereocenters. The zero-order chi connectivity index (χ0) is 21.6. The van der Waals surface area contributed by atoms with Crippen molar-refractivity contribution in [3.8, 4) is 11.5 Å². The van der Waals surface area contributed by atoms with Crippen LogP contribution in [-0.2, 0) is 9.59 Å². The number of carbonyl (C=O) groups excluding carboxylic acids is 2. The summed E-state index contributed by atoms with van der Waals surface area (Å²) in [4.78, 5) is 23.7. The maximum absolute atomic E-state index is 11.9. The largest absolute Gasteiger partial charge is 0.493 e. The Morgan fingerprint density at radius 2 is 1.73 bits per heavy atom. The smallest absolute Gasteiger partial charge is 0.259 e. The van der Waals surface area contributed by atoms with Gasteiger partial charge >= 0.3 is 0 Å². The van der Waals surface area contributed by atoms with Crippen molar-refractivity contribution in [1.29, 1.82) is 0 Å². The quantitative estimate of drug-likeness (QED) is 0.305. The summed E-state index contributed by atoms with van der Waals surface area (Å²) in [5, 5.41) is 6.79. The van der Waals surface area contributed by atoms with Crippen molar-refractivity contribution in [2.75, 3.05) is 19.8 Å². The molecule has 0 atom stereocenters. The first-order chi connectivity index (χ1) is 14.6. The third-order valence-electron chi connectivity index (χ3n) is 3.96. The molecule has 0 spiro atoms. The Bertz CT molecular complexity index is 858. The van der Waals surface area contributed by atoms with Gasteiger partial charge in [0.15, 0.2) is 6.61 Å². The van der Waals surface area contributed by atoms with Crippen LogP contribution in [0.5, 0.6) is 11.5 Å². The predicted molar refractivity (Wildman–Crippen MR) is 117 cm³/mol. The van der Waals surface area contributed by atoms with Crippen molar-refractivity contribution < 1.29 is 19.1 Å². The molecule has 30 heavy (non-hydrogen) atoms. The Morgan fingerprint density at radius 1 is 1.00 bits per heavy atom. The van der Waals surface area contributed by atoms with Crippen LogP contribution in [0.3, 0.4) is 0 Å². The van der Waals surface area contributed by atoms with E-state index in [1.165, 1.54) is 6.21 Å². The van der Waals surface area contributed by atoms with Gasteiger partial charge in [-0.1, -0.05) is 55.6 Å². The van der Waals surface area contributed by atoms with Crippen molar-refractivity contribution in [3.63, 3.8) is 0 Å². The highest BCUT2D eigenvalue weighted by Gasteiger charge is 2.07. The van der Waals surface area contributed by atoms with Crippen LogP contribution < -0.4 is 20.2 Å². The van der Waals surface area contributed by atoms with Crippen molar-refractivity contribution in [1.82, 2.24) is 10.7 Å². The number of halogens is 1. The lowest BCUT2D eigenvalue weighted by molar-refractivity contribution is -0.127. The highest BCUT2D eigenvalue weighted by atomic mass is 35.5. The fraction of sp³-hybridized carbons (Fsp3) is 0.318. The average Bonchev–Trinajstić information content (AvgIpc) is 2.75. The number of hydrogen-bond donors (Lipinski definition) is 2. The summed E-state index contributed by atoms with van der Waals surface area (Å²) in [7, 11) is 0. The van der Waals surface area contributed by atoms with Gasteiger partial charge in [0, 0.05) is 5.56 Å². The lowest BCUT2D eigenvalue weighted by Gasteiger charge is -2.09. The molecule has 0 radical (unpaired) electrons. The van der Waals surface area contributed by atoms with Crippen LogP contribution in [0.2, 0.25) is 5.02 Å². The number of rotatable bonds is 12. The zero-order valence-corrected chi connectivity index (χ0v) is 17.7. The first kappa shape index (κ1) is 23.2. The van der Waals surface area contributed by atoms with Crippen LogP contribution in [0, 0.1) is 0 Å². The van der Waals surface area contributed by atoms with Crippen molar-refractivity contribution in [2.45, 2.75) is 26.2 Å². The number of hydrogen-bond acceptors (Lipinski definition) is 5. The van der Waals surface area contributed by atoms with Gasteiger partial charge in [-0.3, -0.25) is 9.59 Å². The normalized spacial score (nSPS) is 10.6. The third kappa shape index (κ3) is 8.53. The molecular formula is C22H26ClN3O4. The molecule has 0 aromatic heterocycles. The van der Waals surface area contributed by atoms with Gasteiger partial charge in [0.25, 0.3) is 11.8 Å². The molecule has 2 rings (SSSR count). The maximum atomic E-state index is 11.9. The molecule has 0 heterocycles. The number of benzene rings is 2. The molecule has 0 aliphatic heterocycles. The van der Waals surface area contributed by atoms with E-state index in [-0.39, 0.29) is 13.2 Å². The number of nitrogens with one attached hydrogen (secondary N) is 2. The van der Waals surface area contributed by atoms with Gasteiger partial charge in [-0.05, 0) is 30.7 Å². The summed E-state index contributed by atoms with van der Waals surface area (Å²) >= 11 is 5.95. The summed E-state index contributed by atoms with van der Waals surface area (Å²) in [6, 6.07) is 14.3. The molecule has 0 aliphatic carbocycles. The zero-order valence-electron chi connectivity index (χ0n) is 16.9. The molecule has 2 amide bonds. The fourth-order valence-corrected chi connectivity index (χ4v) is 2.59. The number of amides is 2. The molecule has 0 saturated heterocycles. The minimum Gasteiger partial charge on any atom is -0.493 e. The van der Waals surface area contributed by atoms with Gasteiger partial charge in [-0.25, -0.2) is 5.43 Å². The Balaban J connectivity index is 1.72. The summed E-state index contributed by atoms with van der Waals surface area (Å²) in [5.41, 5.74) is 3.13. The van der Waals surface area contributed by atoms with Crippen LogP contribution in [0.15, 0.2) is 53.6 Å². The van der Waals surface area contributed by atoms with Crippen molar-refractivity contribution in [3.05, 3.63) is 59.1 Å². The van der Waals surface area contributed by atoms with Crippen LogP contribution in [0.25, 0.3) is 0 Å². The second kappa shape index (κ2) is 13.2. The van der Waals surface area contributed by atoms with E-state index in [0.717, 1.165) is 24.8 Å². The lowest BCUT2D eigenvalue weighted by Crippen LogP contribution is -2.37. The van der Waals surface area contributed by atoms with E-state index in [9.17, 15) is 9.59 Å². The Kier molecular flexibility index (Phi) is 10.2. The molecule has 8 heteroatoms. The number of unbranched alkanes of at least 4 members (excludes halogenated alkanes) is 2. The summed E-state index contributed by atoms with van der Waals surface area (Å²) in [5.74, 6) is 0.203.